The average Bonchev–Trinajstić information content (AvgIpc) is 2.68. The summed E-state index contributed by atoms with van der Waals surface area (Å²) in [5.41, 5.74) is 7.86. The van der Waals surface area contributed by atoms with Crippen molar-refractivity contribution in [2.45, 2.75) is 60.4 Å². The first kappa shape index (κ1) is 18.2. The van der Waals surface area contributed by atoms with Crippen LogP contribution in [0.3, 0.4) is 0 Å². The molecule has 2 nitrogen and oxygen atoms in total. The molecule has 2 rings (SSSR count). The van der Waals surface area contributed by atoms with Gasteiger partial charge >= 0.3 is 0 Å². The van der Waals surface area contributed by atoms with E-state index in [0.717, 1.165) is 0 Å². The molecular weight excluding hydrogens is 439 g/mol. The van der Waals surface area contributed by atoms with E-state index in [1.165, 1.54) is 33.6 Å². The van der Waals surface area contributed by atoms with E-state index in [4.69, 9.17) is 5.10 Å². The average molecular weight is 465 g/mol. The SMILES string of the molecule is Cc1cccc(C)c1-c1c(C(C)C)nn(C(C)C)c1C.[Pt]. The van der Waals surface area contributed by atoms with Crippen molar-refractivity contribution < 1.29 is 21.1 Å². The molecule has 0 amide bonds. The van der Waals surface area contributed by atoms with Gasteiger partial charge in [-0.1, -0.05) is 32.0 Å². The third-order valence-corrected chi connectivity index (χ3v) is 3.94. The van der Waals surface area contributed by atoms with Gasteiger partial charge in [-0.3, -0.25) is 4.68 Å². The molecule has 0 fully saturated rings. The summed E-state index contributed by atoms with van der Waals surface area (Å²) in [5.74, 6) is 0.433. The third kappa shape index (κ3) is 3.31. The van der Waals surface area contributed by atoms with Gasteiger partial charge in [-0.15, -0.1) is 0 Å². The number of nitrogens with zero attached hydrogens (tertiary/aromatic N) is 2. The molecule has 0 radical (unpaired) electrons. The largest absolute Gasteiger partial charge is 0.266 e. The third-order valence-electron chi connectivity index (χ3n) is 3.94. The molecule has 1 aromatic heterocycles. The number of aromatic nitrogens is 2. The van der Waals surface area contributed by atoms with Gasteiger partial charge in [0.1, 0.15) is 0 Å². The minimum atomic E-state index is 0. The maximum Gasteiger partial charge on any atom is 0.0731 e. The minimum absolute atomic E-state index is 0. The molecule has 0 unspecified atom stereocenters. The van der Waals surface area contributed by atoms with Crippen LogP contribution in [0.15, 0.2) is 18.2 Å². The summed E-state index contributed by atoms with van der Waals surface area (Å²) < 4.78 is 2.16. The standard InChI is InChI=1S/C18H26N2.Pt/c1-11(2)18-17(15(7)20(19-18)12(3)4)16-13(5)9-8-10-14(16)6;/h8-12H,1-7H3;. The van der Waals surface area contributed by atoms with Gasteiger partial charge in [-0.05, 0) is 57.2 Å². The minimum Gasteiger partial charge on any atom is -0.266 e. The normalized spacial score (nSPS) is 11.1. The topological polar surface area (TPSA) is 17.8 Å². The summed E-state index contributed by atoms with van der Waals surface area (Å²) in [4.78, 5) is 0. The van der Waals surface area contributed by atoms with Crippen molar-refractivity contribution in [1.82, 2.24) is 9.78 Å². The van der Waals surface area contributed by atoms with Gasteiger partial charge in [0.2, 0.25) is 0 Å². The Morgan fingerprint density at radius 3 is 1.86 bits per heavy atom. The van der Waals surface area contributed by atoms with E-state index in [1.54, 1.807) is 0 Å². The fraction of sp³-hybridized carbons (Fsp3) is 0.500. The van der Waals surface area contributed by atoms with Crippen molar-refractivity contribution >= 4 is 0 Å². The Kier molecular flexibility index (Phi) is 5.99. The molecule has 0 saturated carbocycles. The van der Waals surface area contributed by atoms with E-state index >= 15 is 0 Å². The van der Waals surface area contributed by atoms with Crippen molar-refractivity contribution in [1.29, 1.82) is 0 Å². The Balaban J connectivity index is 0.00000220. The molecule has 118 valence electrons. The van der Waals surface area contributed by atoms with Crippen molar-refractivity contribution in [3.05, 3.63) is 40.7 Å². The first-order valence-corrected chi connectivity index (χ1v) is 7.50. The van der Waals surface area contributed by atoms with E-state index < -0.39 is 0 Å². The van der Waals surface area contributed by atoms with Crippen LogP contribution in [0.2, 0.25) is 0 Å². The molecule has 0 atom stereocenters. The van der Waals surface area contributed by atoms with Crippen LogP contribution in [-0.2, 0) is 21.1 Å². The summed E-state index contributed by atoms with van der Waals surface area (Å²) in [5, 5.41) is 4.88. The molecule has 21 heavy (non-hydrogen) atoms. The molecule has 0 aliphatic heterocycles. The molecule has 1 heterocycles. The van der Waals surface area contributed by atoms with Gasteiger partial charge in [-0.2, -0.15) is 5.10 Å². The molecule has 0 N–H and O–H groups in total. The fourth-order valence-electron chi connectivity index (χ4n) is 2.97. The molecule has 3 heteroatoms. The van der Waals surface area contributed by atoms with Crippen LogP contribution in [0.4, 0.5) is 0 Å². The molecule has 0 aliphatic rings. The van der Waals surface area contributed by atoms with Crippen LogP contribution < -0.4 is 0 Å². The van der Waals surface area contributed by atoms with Gasteiger partial charge in [0.05, 0.1) is 5.69 Å². The summed E-state index contributed by atoms with van der Waals surface area (Å²) >= 11 is 0. The predicted octanol–water partition coefficient (Wildman–Crippen LogP) is 5.18. The number of hydrogen-bond donors (Lipinski definition) is 0. The molecule has 0 aliphatic carbocycles. The molecule has 0 saturated heterocycles. The van der Waals surface area contributed by atoms with E-state index in [1.807, 2.05) is 0 Å². The second-order valence-electron chi connectivity index (χ2n) is 6.31. The summed E-state index contributed by atoms with van der Waals surface area (Å²) in [6, 6.07) is 6.91. The summed E-state index contributed by atoms with van der Waals surface area (Å²) in [6.45, 7) is 15.4. The molecule has 0 bridgehead atoms. The zero-order valence-corrected chi connectivity index (χ0v) is 16.4. The van der Waals surface area contributed by atoms with Gasteiger partial charge in [-0.25, -0.2) is 0 Å². The smallest absolute Gasteiger partial charge is 0.0731 e. The first-order valence-electron chi connectivity index (χ1n) is 7.50. The van der Waals surface area contributed by atoms with Crippen LogP contribution in [0, 0.1) is 20.8 Å². The van der Waals surface area contributed by atoms with E-state index in [0.29, 0.717) is 12.0 Å². The van der Waals surface area contributed by atoms with Crippen LogP contribution in [0.5, 0.6) is 0 Å². The Bertz CT molecular complexity index is 604. The Hall–Kier alpha value is -0.882. The van der Waals surface area contributed by atoms with Gasteiger partial charge in [0.15, 0.2) is 0 Å². The molecule has 2 aromatic rings. The van der Waals surface area contributed by atoms with E-state index in [9.17, 15) is 0 Å². The number of benzene rings is 1. The number of rotatable bonds is 3. The summed E-state index contributed by atoms with van der Waals surface area (Å²) in [6.07, 6.45) is 0. The first-order chi connectivity index (χ1) is 9.34. The fourth-order valence-corrected chi connectivity index (χ4v) is 2.97. The maximum absolute atomic E-state index is 4.88. The molecular formula is C18H26N2Pt. The van der Waals surface area contributed by atoms with Crippen LogP contribution in [-0.4, -0.2) is 9.78 Å². The van der Waals surface area contributed by atoms with Crippen LogP contribution in [0.25, 0.3) is 11.1 Å². The quantitative estimate of drug-likeness (QED) is 0.611. The van der Waals surface area contributed by atoms with Gasteiger partial charge in [0.25, 0.3) is 0 Å². The summed E-state index contributed by atoms with van der Waals surface area (Å²) in [7, 11) is 0. The van der Waals surface area contributed by atoms with Crippen LogP contribution in [0.1, 0.15) is 62.2 Å². The van der Waals surface area contributed by atoms with E-state index in [2.05, 4.69) is 71.3 Å². The van der Waals surface area contributed by atoms with Gasteiger partial charge in [0, 0.05) is 38.4 Å². The maximum atomic E-state index is 4.88. The van der Waals surface area contributed by atoms with Crippen LogP contribution >= 0.6 is 0 Å². The zero-order chi connectivity index (χ0) is 15.0. The Morgan fingerprint density at radius 1 is 0.905 bits per heavy atom. The number of aryl methyl sites for hydroxylation is 2. The Labute approximate surface area is 143 Å². The predicted molar refractivity (Wildman–Crippen MR) is 86.3 cm³/mol. The van der Waals surface area contributed by atoms with Crippen molar-refractivity contribution in [3.8, 4) is 11.1 Å². The second kappa shape index (κ2) is 6.92. The molecule has 0 spiro atoms. The Morgan fingerprint density at radius 2 is 1.43 bits per heavy atom. The second-order valence-corrected chi connectivity index (χ2v) is 6.31. The van der Waals surface area contributed by atoms with Gasteiger partial charge < -0.3 is 0 Å². The van der Waals surface area contributed by atoms with Crippen molar-refractivity contribution in [3.63, 3.8) is 0 Å². The van der Waals surface area contributed by atoms with E-state index in [-0.39, 0.29) is 21.1 Å². The van der Waals surface area contributed by atoms with Crippen molar-refractivity contribution in [2.75, 3.05) is 0 Å². The van der Waals surface area contributed by atoms with Crippen molar-refractivity contribution in [2.24, 2.45) is 0 Å². The molecule has 1 aromatic carbocycles. The monoisotopic (exact) mass is 465 g/mol. The number of hydrogen-bond acceptors (Lipinski definition) is 1. The zero-order valence-electron chi connectivity index (χ0n) is 14.1.